The number of nitrogens with one attached hydrogen (secondary N) is 1. The summed E-state index contributed by atoms with van der Waals surface area (Å²) in [4.78, 5) is 0. The molecule has 15 heavy (non-hydrogen) atoms. The second-order valence-electron chi connectivity index (χ2n) is 4.69. The molecule has 0 aromatic rings. The summed E-state index contributed by atoms with van der Waals surface area (Å²) >= 11 is 0. The Labute approximate surface area is 92.5 Å². The molecule has 1 saturated heterocycles. The Morgan fingerprint density at radius 1 is 1.20 bits per heavy atom. The van der Waals surface area contributed by atoms with Crippen molar-refractivity contribution in [1.82, 2.24) is 5.32 Å². The van der Waals surface area contributed by atoms with Gasteiger partial charge >= 0.3 is 0 Å². The fraction of sp³-hybridized carbons (Fsp3) is 1.00. The first kappa shape index (κ1) is 11.4. The lowest BCUT2D eigenvalue weighted by Gasteiger charge is -2.30. The highest BCUT2D eigenvalue weighted by atomic mass is 16.7. The van der Waals surface area contributed by atoms with Gasteiger partial charge in [-0.15, -0.1) is 0 Å². The summed E-state index contributed by atoms with van der Waals surface area (Å²) in [7, 11) is 0. The molecule has 2 rings (SSSR count). The first-order chi connectivity index (χ1) is 7.38. The van der Waals surface area contributed by atoms with E-state index in [4.69, 9.17) is 9.47 Å². The Hall–Kier alpha value is -0.120. The topological polar surface area (TPSA) is 30.5 Å². The molecule has 1 N–H and O–H groups in total. The van der Waals surface area contributed by atoms with Gasteiger partial charge in [0.05, 0.1) is 13.2 Å². The third kappa shape index (κ3) is 3.44. The van der Waals surface area contributed by atoms with E-state index >= 15 is 0 Å². The number of hydrogen-bond donors (Lipinski definition) is 1. The summed E-state index contributed by atoms with van der Waals surface area (Å²) in [6, 6.07) is 0.586. The largest absolute Gasteiger partial charge is 0.350 e. The van der Waals surface area contributed by atoms with Crippen LogP contribution in [0.3, 0.4) is 0 Å². The van der Waals surface area contributed by atoms with Crippen molar-refractivity contribution in [2.75, 3.05) is 19.8 Å². The second kappa shape index (κ2) is 5.83. The SMILES string of the molecule is CCNC(CC1CCC1)CC1OCCO1. The van der Waals surface area contributed by atoms with Crippen molar-refractivity contribution in [3.8, 4) is 0 Å². The first-order valence-corrected chi connectivity index (χ1v) is 6.35. The van der Waals surface area contributed by atoms with Gasteiger partial charge in [-0.1, -0.05) is 26.2 Å². The quantitative estimate of drug-likeness (QED) is 0.731. The maximum Gasteiger partial charge on any atom is 0.159 e. The fourth-order valence-corrected chi connectivity index (χ4v) is 2.46. The summed E-state index contributed by atoms with van der Waals surface area (Å²) < 4.78 is 11.0. The Kier molecular flexibility index (Phi) is 4.42. The second-order valence-corrected chi connectivity index (χ2v) is 4.69. The molecule has 0 spiro atoms. The Balaban J connectivity index is 1.70. The molecule has 0 aromatic heterocycles. The zero-order chi connectivity index (χ0) is 10.5. The predicted octanol–water partition coefficient (Wildman–Crippen LogP) is 1.92. The number of rotatable bonds is 6. The van der Waals surface area contributed by atoms with Crippen LogP contribution in [0.4, 0.5) is 0 Å². The van der Waals surface area contributed by atoms with Crippen LogP contribution in [-0.2, 0) is 9.47 Å². The molecule has 1 unspecified atom stereocenters. The highest BCUT2D eigenvalue weighted by Gasteiger charge is 2.25. The van der Waals surface area contributed by atoms with Crippen LogP contribution in [0.2, 0.25) is 0 Å². The lowest BCUT2D eigenvalue weighted by molar-refractivity contribution is -0.0545. The van der Waals surface area contributed by atoms with Gasteiger partial charge in [0.1, 0.15) is 0 Å². The molecule has 1 heterocycles. The van der Waals surface area contributed by atoms with Crippen LogP contribution in [-0.4, -0.2) is 32.1 Å². The van der Waals surface area contributed by atoms with Gasteiger partial charge in [-0.2, -0.15) is 0 Å². The fourth-order valence-electron chi connectivity index (χ4n) is 2.46. The number of ether oxygens (including phenoxy) is 2. The molecule has 0 bridgehead atoms. The van der Waals surface area contributed by atoms with Gasteiger partial charge in [-0.05, 0) is 18.9 Å². The lowest BCUT2D eigenvalue weighted by atomic mass is 9.80. The van der Waals surface area contributed by atoms with Crippen molar-refractivity contribution < 1.29 is 9.47 Å². The van der Waals surface area contributed by atoms with Gasteiger partial charge in [-0.3, -0.25) is 0 Å². The molecule has 1 aliphatic heterocycles. The molecule has 3 heteroatoms. The van der Waals surface area contributed by atoms with Crippen molar-refractivity contribution in [3.05, 3.63) is 0 Å². The zero-order valence-corrected chi connectivity index (χ0v) is 9.71. The van der Waals surface area contributed by atoms with E-state index in [9.17, 15) is 0 Å². The van der Waals surface area contributed by atoms with Crippen LogP contribution in [0.25, 0.3) is 0 Å². The van der Waals surface area contributed by atoms with E-state index in [1.807, 2.05) is 0 Å². The normalized spacial score (nSPS) is 25.4. The Bertz CT molecular complexity index is 176. The molecule has 0 radical (unpaired) electrons. The van der Waals surface area contributed by atoms with Crippen LogP contribution in [0, 0.1) is 5.92 Å². The molecular formula is C12H23NO2. The van der Waals surface area contributed by atoms with Gasteiger partial charge in [0.2, 0.25) is 0 Å². The van der Waals surface area contributed by atoms with Crippen molar-refractivity contribution in [2.24, 2.45) is 5.92 Å². The van der Waals surface area contributed by atoms with Crippen LogP contribution in [0.5, 0.6) is 0 Å². The molecular weight excluding hydrogens is 190 g/mol. The van der Waals surface area contributed by atoms with Gasteiger partial charge < -0.3 is 14.8 Å². The first-order valence-electron chi connectivity index (χ1n) is 6.35. The Morgan fingerprint density at radius 2 is 1.93 bits per heavy atom. The van der Waals surface area contributed by atoms with Crippen LogP contribution in [0.15, 0.2) is 0 Å². The standard InChI is InChI=1S/C12H23NO2/c1-2-13-11(8-10-4-3-5-10)9-12-14-6-7-15-12/h10-13H,2-9H2,1H3. The minimum atomic E-state index is 0.0501. The molecule has 88 valence electrons. The summed E-state index contributed by atoms with van der Waals surface area (Å²) in [6.07, 6.45) is 6.65. The van der Waals surface area contributed by atoms with E-state index in [0.717, 1.165) is 32.1 Å². The highest BCUT2D eigenvalue weighted by Crippen LogP contribution is 2.31. The molecule has 3 nitrogen and oxygen atoms in total. The van der Waals surface area contributed by atoms with E-state index in [-0.39, 0.29) is 6.29 Å². The minimum Gasteiger partial charge on any atom is -0.350 e. The van der Waals surface area contributed by atoms with E-state index in [0.29, 0.717) is 6.04 Å². The van der Waals surface area contributed by atoms with E-state index < -0.39 is 0 Å². The molecule has 1 saturated carbocycles. The Morgan fingerprint density at radius 3 is 2.47 bits per heavy atom. The lowest BCUT2D eigenvalue weighted by Crippen LogP contribution is -2.36. The summed E-state index contributed by atoms with van der Waals surface area (Å²) in [5.41, 5.74) is 0. The summed E-state index contributed by atoms with van der Waals surface area (Å²) in [5, 5.41) is 3.55. The van der Waals surface area contributed by atoms with Crippen molar-refractivity contribution in [1.29, 1.82) is 0 Å². The molecule has 0 amide bonds. The monoisotopic (exact) mass is 213 g/mol. The minimum absolute atomic E-state index is 0.0501. The van der Waals surface area contributed by atoms with Gasteiger partial charge in [0, 0.05) is 12.5 Å². The van der Waals surface area contributed by atoms with Crippen molar-refractivity contribution in [2.45, 2.75) is 51.4 Å². The van der Waals surface area contributed by atoms with Crippen LogP contribution in [0.1, 0.15) is 39.0 Å². The average Bonchev–Trinajstić information content (AvgIpc) is 2.64. The van der Waals surface area contributed by atoms with Crippen molar-refractivity contribution in [3.63, 3.8) is 0 Å². The van der Waals surface area contributed by atoms with Gasteiger partial charge in [0.15, 0.2) is 6.29 Å². The smallest absolute Gasteiger partial charge is 0.159 e. The zero-order valence-electron chi connectivity index (χ0n) is 9.71. The van der Waals surface area contributed by atoms with Crippen molar-refractivity contribution >= 4 is 0 Å². The predicted molar refractivity (Wildman–Crippen MR) is 59.7 cm³/mol. The molecule has 1 aliphatic carbocycles. The van der Waals surface area contributed by atoms with E-state index in [1.54, 1.807) is 0 Å². The number of hydrogen-bond acceptors (Lipinski definition) is 3. The van der Waals surface area contributed by atoms with E-state index in [2.05, 4.69) is 12.2 Å². The molecule has 0 aromatic carbocycles. The van der Waals surface area contributed by atoms with Gasteiger partial charge in [0.25, 0.3) is 0 Å². The maximum atomic E-state index is 5.50. The third-order valence-electron chi connectivity index (χ3n) is 3.50. The van der Waals surface area contributed by atoms with Crippen LogP contribution >= 0.6 is 0 Å². The van der Waals surface area contributed by atoms with Crippen LogP contribution < -0.4 is 5.32 Å². The summed E-state index contributed by atoms with van der Waals surface area (Å²) in [6.45, 7) is 4.76. The average molecular weight is 213 g/mol. The van der Waals surface area contributed by atoms with E-state index in [1.165, 1.54) is 25.7 Å². The highest BCUT2D eigenvalue weighted by molar-refractivity contribution is 4.78. The summed E-state index contributed by atoms with van der Waals surface area (Å²) in [5.74, 6) is 0.954. The maximum absolute atomic E-state index is 5.50. The van der Waals surface area contributed by atoms with Gasteiger partial charge in [-0.25, -0.2) is 0 Å². The molecule has 2 aliphatic rings. The molecule has 1 atom stereocenters. The molecule has 2 fully saturated rings. The third-order valence-corrected chi connectivity index (χ3v) is 3.50.